The minimum Gasteiger partial charge on any atom is -0.355 e. The van der Waals surface area contributed by atoms with Crippen LogP contribution >= 0.6 is 0 Å². The summed E-state index contributed by atoms with van der Waals surface area (Å²) in [4.78, 5) is 24.9. The molecule has 0 saturated carbocycles. The van der Waals surface area contributed by atoms with Crippen molar-refractivity contribution in [2.24, 2.45) is 13.0 Å². The highest BCUT2D eigenvalue weighted by molar-refractivity contribution is 6.04. The van der Waals surface area contributed by atoms with Crippen molar-refractivity contribution in [3.8, 4) is 0 Å². The van der Waals surface area contributed by atoms with Gasteiger partial charge in [0.15, 0.2) is 0 Å². The van der Waals surface area contributed by atoms with Crippen molar-refractivity contribution in [3.05, 3.63) is 47.3 Å². The Bertz CT molecular complexity index is 799. The normalized spacial score (nSPS) is 19.6. The molecule has 1 saturated heterocycles. The van der Waals surface area contributed by atoms with Crippen LogP contribution in [0.3, 0.4) is 0 Å². The third-order valence-corrected chi connectivity index (χ3v) is 4.61. The quantitative estimate of drug-likeness (QED) is 0.775. The lowest BCUT2D eigenvalue weighted by molar-refractivity contribution is -0.119. The van der Waals surface area contributed by atoms with E-state index in [4.69, 9.17) is 0 Å². The molecule has 0 bridgehead atoms. The summed E-state index contributed by atoms with van der Waals surface area (Å²) in [5.41, 5.74) is 3.02. The van der Waals surface area contributed by atoms with Gasteiger partial charge in [0.2, 0.25) is 5.91 Å². The Hall–Kier alpha value is -2.67. The molecule has 1 fully saturated rings. The first-order valence-corrected chi connectivity index (χ1v) is 8.32. The van der Waals surface area contributed by atoms with Gasteiger partial charge in [-0.2, -0.15) is 5.10 Å². The molecule has 2 amide bonds. The number of rotatable bonds is 4. The fraction of sp³-hybridized carbons (Fsp3) is 0.389. The molecule has 0 spiro atoms. The Morgan fingerprint density at radius 1 is 1.32 bits per heavy atom. The van der Waals surface area contributed by atoms with Gasteiger partial charge in [0.05, 0.1) is 23.4 Å². The lowest BCUT2D eigenvalue weighted by Crippen LogP contribution is -2.29. The maximum Gasteiger partial charge on any atom is 0.253 e. The summed E-state index contributed by atoms with van der Waals surface area (Å²) in [6.45, 7) is 3.25. The van der Waals surface area contributed by atoms with Gasteiger partial charge in [-0.15, -0.1) is 0 Å². The first kappa shape index (κ1) is 17.2. The summed E-state index contributed by atoms with van der Waals surface area (Å²) >= 11 is 0. The van der Waals surface area contributed by atoms with E-state index in [1.807, 2.05) is 26.2 Å². The third-order valence-electron chi connectivity index (χ3n) is 4.61. The Labute approximate surface area is 146 Å². The Balaban J connectivity index is 1.81. The van der Waals surface area contributed by atoms with E-state index in [2.05, 4.69) is 21.0 Å². The second kappa shape index (κ2) is 7.06. The SMILES string of the molecule is CNC(=O)c1cc(C)ccc1NC(=O)[C@H]1CNC[C@@H]1c1cnn(C)c1. The van der Waals surface area contributed by atoms with E-state index in [1.165, 1.54) is 0 Å². The van der Waals surface area contributed by atoms with Crippen molar-refractivity contribution in [1.29, 1.82) is 0 Å². The van der Waals surface area contributed by atoms with Crippen LogP contribution in [-0.2, 0) is 11.8 Å². The van der Waals surface area contributed by atoms with Gasteiger partial charge in [0.25, 0.3) is 5.91 Å². The molecule has 2 aromatic rings. The van der Waals surface area contributed by atoms with Gasteiger partial charge >= 0.3 is 0 Å². The van der Waals surface area contributed by atoms with E-state index in [0.29, 0.717) is 17.8 Å². The summed E-state index contributed by atoms with van der Waals surface area (Å²) in [5.74, 6) is -0.439. The number of benzene rings is 1. The lowest BCUT2D eigenvalue weighted by atomic mass is 9.90. The van der Waals surface area contributed by atoms with Crippen LogP contribution in [0.15, 0.2) is 30.6 Å². The predicted molar refractivity (Wildman–Crippen MR) is 95.5 cm³/mol. The predicted octanol–water partition coefficient (Wildman–Crippen LogP) is 1.03. The number of carbonyl (C=O) groups is 2. The first-order chi connectivity index (χ1) is 12.0. The van der Waals surface area contributed by atoms with Crippen molar-refractivity contribution in [2.45, 2.75) is 12.8 Å². The number of aromatic nitrogens is 2. The fourth-order valence-electron chi connectivity index (χ4n) is 3.25. The molecule has 0 aliphatic carbocycles. The van der Waals surface area contributed by atoms with Crippen LogP contribution in [0.2, 0.25) is 0 Å². The van der Waals surface area contributed by atoms with Gasteiger partial charge in [-0.05, 0) is 24.6 Å². The molecular weight excluding hydrogens is 318 g/mol. The van der Waals surface area contributed by atoms with E-state index < -0.39 is 0 Å². The second-order valence-electron chi connectivity index (χ2n) is 6.44. The zero-order chi connectivity index (χ0) is 18.0. The Kier molecular flexibility index (Phi) is 4.85. The maximum atomic E-state index is 12.8. The molecule has 3 rings (SSSR count). The van der Waals surface area contributed by atoms with E-state index in [1.54, 1.807) is 30.1 Å². The number of nitrogens with zero attached hydrogens (tertiary/aromatic N) is 2. The van der Waals surface area contributed by atoms with E-state index in [9.17, 15) is 9.59 Å². The van der Waals surface area contributed by atoms with E-state index in [-0.39, 0.29) is 23.7 Å². The highest BCUT2D eigenvalue weighted by Gasteiger charge is 2.35. The number of hydrogen-bond acceptors (Lipinski definition) is 4. The van der Waals surface area contributed by atoms with Gasteiger partial charge in [-0.1, -0.05) is 11.6 Å². The number of hydrogen-bond donors (Lipinski definition) is 3. The van der Waals surface area contributed by atoms with Crippen LogP contribution in [0, 0.1) is 12.8 Å². The summed E-state index contributed by atoms with van der Waals surface area (Å²) in [6.07, 6.45) is 3.75. The third kappa shape index (κ3) is 3.56. The van der Waals surface area contributed by atoms with Gasteiger partial charge in [0.1, 0.15) is 0 Å². The van der Waals surface area contributed by atoms with Crippen molar-refractivity contribution < 1.29 is 9.59 Å². The van der Waals surface area contributed by atoms with Crippen molar-refractivity contribution in [1.82, 2.24) is 20.4 Å². The molecule has 2 atom stereocenters. The standard InChI is InChI=1S/C18H23N5O2/c1-11-4-5-16(13(6-11)17(24)19-2)22-18(25)15-9-20-8-14(15)12-7-21-23(3)10-12/h4-7,10,14-15,20H,8-9H2,1-3H3,(H,19,24)(H,22,25)/t14-,15+/m1/s1. The molecule has 0 unspecified atom stereocenters. The van der Waals surface area contributed by atoms with Gasteiger partial charge in [-0.3, -0.25) is 14.3 Å². The van der Waals surface area contributed by atoms with Crippen LogP contribution in [-0.4, -0.2) is 41.7 Å². The van der Waals surface area contributed by atoms with E-state index >= 15 is 0 Å². The number of aryl methyl sites for hydroxylation is 2. The second-order valence-corrected chi connectivity index (χ2v) is 6.44. The van der Waals surface area contributed by atoms with Gasteiger partial charge in [-0.25, -0.2) is 0 Å². The van der Waals surface area contributed by atoms with Crippen molar-refractivity contribution in [2.75, 3.05) is 25.5 Å². The molecule has 25 heavy (non-hydrogen) atoms. The number of nitrogens with one attached hydrogen (secondary N) is 3. The average Bonchev–Trinajstić information content (AvgIpc) is 3.24. The molecule has 1 aromatic carbocycles. The van der Waals surface area contributed by atoms with Gasteiger partial charge in [0, 0.05) is 39.3 Å². The molecule has 132 valence electrons. The molecule has 7 heteroatoms. The minimum atomic E-state index is -0.215. The molecule has 1 aliphatic rings. The average molecular weight is 341 g/mol. The molecule has 2 heterocycles. The molecule has 1 aromatic heterocycles. The smallest absolute Gasteiger partial charge is 0.253 e. The van der Waals surface area contributed by atoms with Crippen LogP contribution in [0.5, 0.6) is 0 Å². The Morgan fingerprint density at radius 3 is 2.80 bits per heavy atom. The zero-order valence-electron chi connectivity index (χ0n) is 14.7. The monoisotopic (exact) mass is 341 g/mol. The van der Waals surface area contributed by atoms with Gasteiger partial charge < -0.3 is 16.0 Å². The molecule has 3 N–H and O–H groups in total. The summed E-state index contributed by atoms with van der Waals surface area (Å²) in [6, 6.07) is 5.44. The summed E-state index contributed by atoms with van der Waals surface area (Å²) in [5, 5.41) is 13.0. The molecule has 7 nitrogen and oxygen atoms in total. The number of amides is 2. The first-order valence-electron chi connectivity index (χ1n) is 8.32. The zero-order valence-corrected chi connectivity index (χ0v) is 14.7. The van der Waals surface area contributed by atoms with Crippen molar-refractivity contribution >= 4 is 17.5 Å². The van der Waals surface area contributed by atoms with Crippen LogP contribution < -0.4 is 16.0 Å². The van der Waals surface area contributed by atoms with E-state index in [0.717, 1.165) is 17.7 Å². The fourth-order valence-corrected chi connectivity index (χ4v) is 3.25. The summed E-state index contributed by atoms with van der Waals surface area (Å²) in [7, 11) is 3.44. The highest BCUT2D eigenvalue weighted by Crippen LogP contribution is 2.29. The summed E-state index contributed by atoms with van der Waals surface area (Å²) < 4.78 is 1.74. The van der Waals surface area contributed by atoms with Crippen LogP contribution in [0.25, 0.3) is 0 Å². The van der Waals surface area contributed by atoms with Crippen molar-refractivity contribution in [3.63, 3.8) is 0 Å². The largest absolute Gasteiger partial charge is 0.355 e. The lowest BCUT2D eigenvalue weighted by Gasteiger charge is -2.18. The minimum absolute atomic E-state index is 0.0719. The highest BCUT2D eigenvalue weighted by atomic mass is 16.2. The van der Waals surface area contributed by atoms with Crippen LogP contribution in [0.1, 0.15) is 27.4 Å². The molecule has 0 radical (unpaired) electrons. The number of anilines is 1. The molecule has 1 aliphatic heterocycles. The molecular formula is C18H23N5O2. The van der Waals surface area contributed by atoms with Crippen LogP contribution in [0.4, 0.5) is 5.69 Å². The Morgan fingerprint density at radius 2 is 2.12 bits per heavy atom. The maximum absolute atomic E-state index is 12.8. The topological polar surface area (TPSA) is 88.1 Å². The number of carbonyl (C=O) groups excluding carboxylic acids is 2.